The highest BCUT2D eigenvalue weighted by Gasteiger charge is 2.50. The zero-order valence-corrected chi connectivity index (χ0v) is 31.3. The molecule has 0 aromatic heterocycles. The molecule has 14 nitrogen and oxygen atoms in total. The van der Waals surface area contributed by atoms with E-state index in [0.717, 1.165) is 0 Å². The van der Waals surface area contributed by atoms with Gasteiger partial charge in [-0.05, 0) is 66.8 Å². The molecule has 50 heavy (non-hydrogen) atoms. The molecule has 2 aliphatic rings. The molecular formula is C36H58N2O12. The van der Waals surface area contributed by atoms with Gasteiger partial charge < -0.3 is 53.5 Å². The predicted octanol–water partition coefficient (Wildman–Crippen LogP) is 2.79. The van der Waals surface area contributed by atoms with E-state index in [2.05, 4.69) is 5.16 Å². The maximum Gasteiger partial charge on any atom is 0.316 e. The average Bonchev–Trinajstić information content (AvgIpc) is 3.08. The van der Waals surface area contributed by atoms with Gasteiger partial charge in [0.1, 0.15) is 24.2 Å². The molecule has 0 spiro atoms. The lowest BCUT2D eigenvalue weighted by Gasteiger charge is -2.47. The highest BCUT2D eigenvalue weighted by Crippen LogP contribution is 2.38. The van der Waals surface area contributed by atoms with E-state index in [1.807, 2.05) is 32.8 Å². The number of carbonyl (C=O) groups excluding carboxylic acids is 2. The minimum atomic E-state index is -1.91. The number of rotatable bonds is 9. The van der Waals surface area contributed by atoms with Crippen LogP contribution in [0, 0.1) is 23.7 Å². The summed E-state index contributed by atoms with van der Waals surface area (Å²) in [6.07, 6.45) is -4.19. The summed E-state index contributed by atoms with van der Waals surface area (Å²) in [5.74, 6) is -3.93. The van der Waals surface area contributed by atoms with Gasteiger partial charge >= 0.3 is 5.97 Å². The number of aliphatic hydroxyl groups is 3. The average molecular weight is 711 g/mol. The van der Waals surface area contributed by atoms with Crippen molar-refractivity contribution in [1.29, 1.82) is 0 Å². The van der Waals surface area contributed by atoms with E-state index >= 15 is 0 Å². The SMILES string of the molecule is COc1ccccc1OCO/N=C1\[C@H](C)C[C@@](C)(OC)C(O[C@H]2O[C@H](C)C[C@H](N(C)C)[C@H]2O)[C@@H](C)C(=O)[C@@H](C)C(=O)OC[C@@](C)(O)[C@H](O)[C@H]1C. The Morgan fingerprint density at radius 1 is 1.00 bits per heavy atom. The maximum absolute atomic E-state index is 13.9. The fraction of sp³-hybridized carbons (Fsp3) is 0.750. The minimum absolute atomic E-state index is 0.175. The molecule has 3 rings (SSSR count). The molecule has 0 saturated carbocycles. The number of hydrogen-bond donors (Lipinski definition) is 3. The first kappa shape index (κ1) is 41.6. The third kappa shape index (κ3) is 9.72. The van der Waals surface area contributed by atoms with Crippen LogP contribution in [0.2, 0.25) is 0 Å². The molecule has 1 aromatic rings. The third-order valence-corrected chi connectivity index (χ3v) is 10.1. The molecular weight excluding hydrogens is 652 g/mol. The van der Waals surface area contributed by atoms with Gasteiger partial charge in [-0.3, -0.25) is 9.59 Å². The molecule has 3 N–H and O–H groups in total. The number of ketones is 1. The summed E-state index contributed by atoms with van der Waals surface area (Å²) >= 11 is 0. The van der Waals surface area contributed by atoms with Crippen LogP contribution in [0.3, 0.4) is 0 Å². The number of benzene rings is 1. The maximum atomic E-state index is 13.9. The number of aliphatic hydroxyl groups excluding tert-OH is 2. The number of oxime groups is 1. The highest BCUT2D eigenvalue weighted by molar-refractivity contribution is 6.00. The van der Waals surface area contributed by atoms with E-state index < -0.39 is 77.8 Å². The fourth-order valence-electron chi connectivity index (χ4n) is 6.96. The number of cyclic esters (lactones) is 1. The summed E-state index contributed by atoms with van der Waals surface area (Å²) in [6, 6.07) is 6.76. The molecule has 0 amide bonds. The number of para-hydroxylation sites is 2. The van der Waals surface area contributed by atoms with Crippen molar-refractivity contribution in [2.45, 2.75) is 109 Å². The summed E-state index contributed by atoms with van der Waals surface area (Å²) in [7, 11) is 6.74. The molecule has 2 saturated heterocycles. The Morgan fingerprint density at radius 2 is 1.64 bits per heavy atom. The van der Waals surface area contributed by atoms with Gasteiger partial charge in [-0.25, -0.2) is 0 Å². The number of Topliss-reactive ketones (excluding diaryl/α,β-unsaturated/α-hetero) is 1. The molecule has 0 aliphatic carbocycles. The van der Waals surface area contributed by atoms with E-state index in [4.69, 9.17) is 33.3 Å². The van der Waals surface area contributed by atoms with Crippen LogP contribution in [0.4, 0.5) is 0 Å². The lowest BCUT2D eigenvalue weighted by Crippen LogP contribution is -2.59. The van der Waals surface area contributed by atoms with Crippen LogP contribution in [-0.4, -0.2) is 127 Å². The number of nitrogens with zero attached hydrogens (tertiary/aromatic N) is 2. The van der Waals surface area contributed by atoms with Gasteiger partial charge in [-0.2, -0.15) is 0 Å². The molecule has 284 valence electrons. The summed E-state index contributed by atoms with van der Waals surface area (Å²) in [5.41, 5.74) is -2.82. The Hall–Kier alpha value is -2.85. The highest BCUT2D eigenvalue weighted by atomic mass is 16.7. The number of esters is 1. The van der Waals surface area contributed by atoms with Crippen molar-refractivity contribution < 1.29 is 58.2 Å². The first-order chi connectivity index (χ1) is 23.4. The van der Waals surface area contributed by atoms with Gasteiger partial charge in [-0.15, -0.1) is 0 Å². The quantitative estimate of drug-likeness (QED) is 0.112. The van der Waals surface area contributed by atoms with E-state index in [0.29, 0.717) is 23.6 Å². The molecule has 2 heterocycles. The Balaban J connectivity index is 2.06. The summed E-state index contributed by atoms with van der Waals surface area (Å²) in [5, 5.41) is 38.5. The largest absolute Gasteiger partial charge is 0.493 e. The van der Waals surface area contributed by atoms with Crippen LogP contribution in [0.15, 0.2) is 29.4 Å². The summed E-state index contributed by atoms with van der Waals surface area (Å²) < 4.78 is 35.3. The van der Waals surface area contributed by atoms with Gasteiger partial charge in [0.2, 0.25) is 0 Å². The van der Waals surface area contributed by atoms with Crippen molar-refractivity contribution in [2.24, 2.45) is 28.8 Å². The van der Waals surface area contributed by atoms with Gasteiger partial charge in [0.15, 0.2) is 23.6 Å². The molecule has 2 aliphatic heterocycles. The van der Waals surface area contributed by atoms with E-state index in [9.17, 15) is 24.9 Å². The molecule has 1 aromatic carbocycles. The van der Waals surface area contributed by atoms with Crippen LogP contribution < -0.4 is 9.47 Å². The van der Waals surface area contributed by atoms with E-state index in [1.165, 1.54) is 28.1 Å². The molecule has 1 unspecified atom stereocenters. The summed E-state index contributed by atoms with van der Waals surface area (Å²) in [6.45, 7) is 10.7. The first-order valence-corrected chi connectivity index (χ1v) is 17.1. The standard InChI is InChI=1S/C36H58N2O12/c1-20-17-36(7,45-11)32(50-34-30(40)25(38(8)9)16-21(2)49-34)23(4)29(39)24(5)33(42)46-18-35(6,43)31(41)22(3)28(20)37-48-19-47-27-15-13-12-14-26(27)44-10/h12-15,20-25,30-32,34,40-41,43H,16-19H2,1-11H3/b37-28+/t20-,21-,22+,23+,24-,25+,30-,31-,32?,34-,35-,36-/m1/s1. The van der Waals surface area contributed by atoms with Crippen molar-refractivity contribution in [1.82, 2.24) is 4.90 Å². The Kier molecular flexibility index (Phi) is 14.6. The molecule has 0 radical (unpaired) electrons. The monoisotopic (exact) mass is 710 g/mol. The Morgan fingerprint density at radius 3 is 2.24 bits per heavy atom. The van der Waals surface area contributed by atoms with Crippen molar-refractivity contribution in [3.63, 3.8) is 0 Å². The lowest BCUT2D eigenvalue weighted by molar-refractivity contribution is -0.295. The zero-order valence-electron chi connectivity index (χ0n) is 31.3. The number of ether oxygens (including phenoxy) is 6. The molecule has 12 atom stereocenters. The summed E-state index contributed by atoms with van der Waals surface area (Å²) in [4.78, 5) is 34.6. The van der Waals surface area contributed by atoms with E-state index in [1.54, 1.807) is 45.0 Å². The van der Waals surface area contributed by atoms with Gasteiger partial charge in [0.05, 0.1) is 36.7 Å². The van der Waals surface area contributed by atoms with E-state index in [-0.39, 0.29) is 25.4 Å². The normalized spacial score (nSPS) is 38.7. The number of methoxy groups -OCH3 is 2. The fourth-order valence-corrected chi connectivity index (χ4v) is 6.96. The van der Waals surface area contributed by atoms with Crippen molar-refractivity contribution >= 4 is 17.5 Å². The molecule has 2 fully saturated rings. The number of hydrogen-bond acceptors (Lipinski definition) is 14. The Labute approximate surface area is 295 Å². The van der Waals surface area contributed by atoms with Crippen LogP contribution >= 0.6 is 0 Å². The zero-order chi connectivity index (χ0) is 37.6. The topological polar surface area (TPSA) is 175 Å². The van der Waals surface area contributed by atoms with Gasteiger partial charge in [0, 0.05) is 30.9 Å². The van der Waals surface area contributed by atoms with Crippen LogP contribution in [-0.2, 0) is 33.4 Å². The second-order valence-corrected chi connectivity index (χ2v) is 14.4. The van der Waals surface area contributed by atoms with Crippen molar-refractivity contribution in [3.05, 3.63) is 24.3 Å². The van der Waals surface area contributed by atoms with Gasteiger partial charge in [-0.1, -0.05) is 38.1 Å². The minimum Gasteiger partial charge on any atom is -0.493 e. The van der Waals surface area contributed by atoms with Gasteiger partial charge in [0.25, 0.3) is 6.79 Å². The van der Waals surface area contributed by atoms with Crippen molar-refractivity contribution in [3.8, 4) is 11.5 Å². The first-order valence-electron chi connectivity index (χ1n) is 17.1. The molecule has 14 heteroatoms. The van der Waals surface area contributed by atoms with Crippen molar-refractivity contribution in [2.75, 3.05) is 41.7 Å². The van der Waals surface area contributed by atoms with Crippen LogP contribution in [0.25, 0.3) is 0 Å². The molecule has 0 bridgehead atoms. The second-order valence-electron chi connectivity index (χ2n) is 14.4. The Bertz CT molecular complexity index is 1310. The van der Waals surface area contributed by atoms with Crippen LogP contribution in [0.5, 0.6) is 11.5 Å². The second kappa shape index (κ2) is 17.6. The smallest absolute Gasteiger partial charge is 0.316 e. The lowest BCUT2D eigenvalue weighted by atomic mass is 9.75. The van der Waals surface area contributed by atoms with Crippen LogP contribution in [0.1, 0.15) is 61.3 Å². The predicted molar refractivity (Wildman–Crippen MR) is 184 cm³/mol. The number of likely N-dealkylation sites (N-methyl/N-ethyl adjacent to an activating group) is 1. The number of carbonyl (C=O) groups is 2. The third-order valence-electron chi connectivity index (χ3n) is 10.1.